The number of rotatable bonds is 6. The van der Waals surface area contributed by atoms with Crippen LogP contribution in [0.15, 0.2) is 18.2 Å². The lowest BCUT2D eigenvalue weighted by molar-refractivity contribution is -0.384. The van der Waals surface area contributed by atoms with Crippen molar-refractivity contribution >= 4 is 11.6 Å². The summed E-state index contributed by atoms with van der Waals surface area (Å²) in [7, 11) is 5.17. The van der Waals surface area contributed by atoms with E-state index >= 15 is 0 Å². The number of nitrogens with one attached hydrogen (secondary N) is 1. The molecular weight excluding hydrogens is 250 g/mol. The van der Waals surface area contributed by atoms with E-state index in [1.807, 2.05) is 19.0 Å². The van der Waals surface area contributed by atoms with Gasteiger partial charge in [0.25, 0.3) is 11.6 Å². The maximum Gasteiger partial charge on any atom is 0.273 e. The number of nitro groups is 1. The molecule has 0 spiro atoms. The number of nitrogens with zero attached hydrogens (tertiary/aromatic N) is 2. The molecule has 1 rings (SSSR count). The molecule has 0 heterocycles. The first-order valence-electron chi connectivity index (χ1n) is 5.71. The lowest BCUT2D eigenvalue weighted by atomic mass is 10.1. The fraction of sp³-hybridized carbons (Fsp3) is 0.417. The SMILES string of the molecule is COc1cc([N+](=O)[O-])ccc1C(=O)NCCN(C)C. The molecule has 0 saturated heterocycles. The van der Waals surface area contributed by atoms with Crippen molar-refractivity contribution < 1.29 is 14.5 Å². The number of amides is 1. The van der Waals surface area contributed by atoms with Crippen LogP contribution in [0.25, 0.3) is 0 Å². The minimum Gasteiger partial charge on any atom is -0.496 e. The molecule has 0 bridgehead atoms. The van der Waals surface area contributed by atoms with Gasteiger partial charge in [0.15, 0.2) is 0 Å². The van der Waals surface area contributed by atoms with Crippen molar-refractivity contribution in [1.82, 2.24) is 10.2 Å². The number of hydrogen-bond acceptors (Lipinski definition) is 5. The second-order valence-corrected chi connectivity index (χ2v) is 4.20. The monoisotopic (exact) mass is 267 g/mol. The van der Waals surface area contributed by atoms with E-state index in [9.17, 15) is 14.9 Å². The topological polar surface area (TPSA) is 84.7 Å². The first-order chi connectivity index (χ1) is 8.95. The highest BCUT2D eigenvalue weighted by molar-refractivity contribution is 5.97. The Morgan fingerprint density at radius 2 is 2.16 bits per heavy atom. The van der Waals surface area contributed by atoms with E-state index in [0.29, 0.717) is 13.1 Å². The van der Waals surface area contributed by atoms with Crippen LogP contribution < -0.4 is 10.1 Å². The van der Waals surface area contributed by atoms with Crippen molar-refractivity contribution in [1.29, 1.82) is 0 Å². The minimum absolute atomic E-state index is 0.110. The fourth-order valence-corrected chi connectivity index (χ4v) is 1.47. The average molecular weight is 267 g/mol. The first kappa shape index (κ1) is 14.9. The van der Waals surface area contributed by atoms with Crippen LogP contribution in [0.2, 0.25) is 0 Å². The van der Waals surface area contributed by atoms with Gasteiger partial charge in [-0.1, -0.05) is 0 Å². The van der Waals surface area contributed by atoms with Gasteiger partial charge in [-0.25, -0.2) is 0 Å². The summed E-state index contributed by atoms with van der Waals surface area (Å²) < 4.78 is 5.01. The minimum atomic E-state index is -0.532. The molecule has 1 aromatic carbocycles. The Kier molecular flexibility index (Phi) is 5.25. The molecule has 0 radical (unpaired) electrons. The van der Waals surface area contributed by atoms with Crippen LogP contribution in [-0.4, -0.2) is 50.0 Å². The number of non-ortho nitro benzene ring substituents is 1. The standard InChI is InChI=1S/C12H17N3O4/c1-14(2)7-6-13-12(16)10-5-4-9(15(17)18)8-11(10)19-3/h4-5,8H,6-7H2,1-3H3,(H,13,16). The van der Waals surface area contributed by atoms with Gasteiger partial charge in [0.1, 0.15) is 5.75 Å². The molecule has 104 valence electrons. The fourth-order valence-electron chi connectivity index (χ4n) is 1.47. The number of hydrogen-bond donors (Lipinski definition) is 1. The predicted molar refractivity (Wildman–Crippen MR) is 70.5 cm³/mol. The molecule has 0 aliphatic heterocycles. The second-order valence-electron chi connectivity index (χ2n) is 4.20. The van der Waals surface area contributed by atoms with Crippen LogP contribution in [0, 0.1) is 10.1 Å². The zero-order valence-electron chi connectivity index (χ0n) is 11.2. The van der Waals surface area contributed by atoms with Gasteiger partial charge in [0.2, 0.25) is 0 Å². The van der Waals surface area contributed by atoms with E-state index in [-0.39, 0.29) is 22.9 Å². The summed E-state index contributed by atoms with van der Waals surface area (Å²) in [4.78, 5) is 24.0. The maximum absolute atomic E-state index is 11.9. The quantitative estimate of drug-likeness (QED) is 0.611. The Hall–Kier alpha value is -2.15. The van der Waals surface area contributed by atoms with Gasteiger partial charge >= 0.3 is 0 Å². The first-order valence-corrected chi connectivity index (χ1v) is 5.71. The van der Waals surface area contributed by atoms with E-state index in [2.05, 4.69) is 5.32 Å². The van der Waals surface area contributed by atoms with E-state index < -0.39 is 4.92 Å². The number of carbonyl (C=O) groups excluding carboxylic acids is 1. The van der Waals surface area contributed by atoms with Crippen molar-refractivity contribution in [3.05, 3.63) is 33.9 Å². The second kappa shape index (κ2) is 6.69. The number of likely N-dealkylation sites (N-methyl/N-ethyl adjacent to an activating group) is 1. The van der Waals surface area contributed by atoms with Crippen molar-refractivity contribution in [2.45, 2.75) is 0 Å². The molecule has 0 aromatic heterocycles. The molecule has 7 heteroatoms. The number of carbonyl (C=O) groups is 1. The third-order valence-corrected chi connectivity index (χ3v) is 2.49. The van der Waals surface area contributed by atoms with Crippen molar-refractivity contribution in [2.75, 3.05) is 34.3 Å². The molecule has 19 heavy (non-hydrogen) atoms. The summed E-state index contributed by atoms with van der Waals surface area (Å²) in [5.74, 6) is -0.120. The highest BCUT2D eigenvalue weighted by Crippen LogP contribution is 2.24. The van der Waals surface area contributed by atoms with Gasteiger partial charge in [-0.3, -0.25) is 14.9 Å². The van der Waals surface area contributed by atoms with E-state index in [1.54, 1.807) is 0 Å². The van der Waals surface area contributed by atoms with E-state index in [0.717, 1.165) is 0 Å². The molecule has 0 aliphatic carbocycles. The normalized spacial score (nSPS) is 10.3. The summed E-state index contributed by atoms with van der Waals surface area (Å²) in [5.41, 5.74) is 0.175. The lowest BCUT2D eigenvalue weighted by Crippen LogP contribution is -2.31. The van der Waals surface area contributed by atoms with Crippen LogP contribution in [0.3, 0.4) is 0 Å². The van der Waals surface area contributed by atoms with Crippen LogP contribution in [0.5, 0.6) is 5.75 Å². The molecule has 0 unspecified atom stereocenters. The molecule has 0 saturated carbocycles. The molecule has 0 atom stereocenters. The van der Waals surface area contributed by atoms with E-state index in [1.165, 1.54) is 25.3 Å². The summed E-state index contributed by atoms with van der Waals surface area (Å²) >= 11 is 0. The zero-order chi connectivity index (χ0) is 14.4. The van der Waals surface area contributed by atoms with Crippen molar-refractivity contribution in [3.63, 3.8) is 0 Å². The number of nitro benzene ring substituents is 1. The zero-order valence-corrected chi connectivity index (χ0v) is 11.2. The molecule has 1 aromatic rings. The van der Waals surface area contributed by atoms with Crippen LogP contribution in [0.1, 0.15) is 10.4 Å². The summed E-state index contributed by atoms with van der Waals surface area (Å²) in [6, 6.07) is 3.91. The molecule has 0 aliphatic rings. The highest BCUT2D eigenvalue weighted by Gasteiger charge is 2.16. The maximum atomic E-state index is 11.9. The third-order valence-electron chi connectivity index (χ3n) is 2.49. The largest absolute Gasteiger partial charge is 0.496 e. The Balaban J connectivity index is 2.82. The predicted octanol–water partition coefficient (Wildman–Crippen LogP) is 0.895. The lowest BCUT2D eigenvalue weighted by Gasteiger charge is -2.12. The summed E-state index contributed by atoms with van der Waals surface area (Å²) in [6.45, 7) is 1.20. The Bertz CT molecular complexity index is 474. The van der Waals surface area contributed by atoms with Gasteiger partial charge in [-0.2, -0.15) is 0 Å². The van der Waals surface area contributed by atoms with Crippen LogP contribution in [-0.2, 0) is 0 Å². The Morgan fingerprint density at radius 3 is 2.68 bits per heavy atom. The number of benzene rings is 1. The van der Waals surface area contributed by atoms with Gasteiger partial charge in [-0.05, 0) is 20.2 Å². The van der Waals surface area contributed by atoms with Crippen molar-refractivity contribution in [3.8, 4) is 5.75 Å². The highest BCUT2D eigenvalue weighted by atomic mass is 16.6. The Labute approximate surface area is 111 Å². The average Bonchev–Trinajstić information content (AvgIpc) is 2.37. The van der Waals surface area contributed by atoms with E-state index in [4.69, 9.17) is 4.74 Å². The summed E-state index contributed by atoms with van der Waals surface area (Å²) in [6.07, 6.45) is 0. The molecule has 1 N–H and O–H groups in total. The van der Waals surface area contributed by atoms with Crippen LogP contribution >= 0.6 is 0 Å². The Morgan fingerprint density at radius 1 is 1.47 bits per heavy atom. The molecule has 0 fully saturated rings. The van der Waals surface area contributed by atoms with Crippen molar-refractivity contribution in [2.24, 2.45) is 0 Å². The van der Waals surface area contributed by atoms with Gasteiger partial charge in [0.05, 0.1) is 23.7 Å². The summed E-state index contributed by atoms with van der Waals surface area (Å²) in [5, 5.41) is 13.4. The van der Waals surface area contributed by atoms with Gasteiger partial charge in [0, 0.05) is 19.2 Å². The number of methoxy groups -OCH3 is 1. The third kappa shape index (κ3) is 4.22. The smallest absolute Gasteiger partial charge is 0.273 e. The van der Waals surface area contributed by atoms with Gasteiger partial charge < -0.3 is 15.0 Å². The molecule has 1 amide bonds. The van der Waals surface area contributed by atoms with Gasteiger partial charge in [-0.15, -0.1) is 0 Å². The van der Waals surface area contributed by atoms with Crippen LogP contribution in [0.4, 0.5) is 5.69 Å². The molecular formula is C12H17N3O4. The number of ether oxygens (including phenoxy) is 1. The molecule has 7 nitrogen and oxygen atoms in total.